The molecule has 2 N–H and O–H groups in total. The molecule has 0 aromatic heterocycles. The smallest absolute Gasteiger partial charge is 0.302 e. The second-order valence-electron chi connectivity index (χ2n) is 2.99. The van der Waals surface area contributed by atoms with Gasteiger partial charge in [-0.3, -0.25) is 9.59 Å². The average Bonchev–Trinajstić information content (AvgIpc) is 2.20. The van der Waals surface area contributed by atoms with Crippen molar-refractivity contribution in [1.82, 2.24) is 5.32 Å². The van der Waals surface area contributed by atoms with Crippen LogP contribution in [0.4, 0.5) is 0 Å². The minimum Gasteiger partial charge on any atom is -0.464 e. The zero-order valence-electron chi connectivity index (χ0n) is 8.74. The molecule has 0 saturated heterocycles. The molecule has 0 spiro atoms. The van der Waals surface area contributed by atoms with E-state index in [1.807, 2.05) is 0 Å². The number of amides is 1. The van der Waals surface area contributed by atoms with Crippen LogP contribution in [0, 0.1) is 16.7 Å². The number of aliphatic hydroxyl groups is 1. The average molecular weight is 214 g/mol. The van der Waals surface area contributed by atoms with E-state index in [0.717, 1.165) is 6.92 Å². The zero-order valence-corrected chi connectivity index (χ0v) is 8.74. The number of carbonyl (C=O) groups excluding carboxylic acids is 2. The van der Waals surface area contributed by atoms with Gasteiger partial charge in [0.05, 0.1) is 12.7 Å². The molecule has 1 atom stereocenters. The first kappa shape index (κ1) is 13.4. The van der Waals surface area contributed by atoms with Crippen molar-refractivity contribution < 1.29 is 19.4 Å². The van der Waals surface area contributed by atoms with Crippen molar-refractivity contribution in [2.75, 3.05) is 19.8 Å². The van der Waals surface area contributed by atoms with Gasteiger partial charge < -0.3 is 15.2 Å². The third kappa shape index (κ3) is 3.56. The molecule has 15 heavy (non-hydrogen) atoms. The quantitative estimate of drug-likeness (QED) is 0.583. The Kier molecular flexibility index (Phi) is 5.34. The van der Waals surface area contributed by atoms with Gasteiger partial charge >= 0.3 is 5.97 Å². The summed E-state index contributed by atoms with van der Waals surface area (Å²) in [6, 6.07) is 1.67. The standard InChI is InChI=1S/C9H14N2O4/c1-3-11-8(14)9(4-10,5-12)6-15-7(2)13/h12H,3,5-6H2,1-2H3,(H,11,14). The minimum atomic E-state index is -1.71. The summed E-state index contributed by atoms with van der Waals surface area (Å²) < 4.78 is 4.57. The number of nitrogens with one attached hydrogen (secondary N) is 1. The van der Waals surface area contributed by atoms with Gasteiger partial charge in [-0.1, -0.05) is 0 Å². The number of aliphatic hydroxyl groups excluding tert-OH is 1. The van der Waals surface area contributed by atoms with Gasteiger partial charge in [-0.25, -0.2) is 0 Å². The summed E-state index contributed by atoms with van der Waals surface area (Å²) >= 11 is 0. The van der Waals surface area contributed by atoms with Crippen LogP contribution in [-0.2, 0) is 14.3 Å². The van der Waals surface area contributed by atoms with E-state index in [-0.39, 0.29) is 0 Å². The molecule has 0 bridgehead atoms. The number of ether oxygens (including phenoxy) is 1. The van der Waals surface area contributed by atoms with Crippen LogP contribution in [0.5, 0.6) is 0 Å². The number of hydrogen-bond donors (Lipinski definition) is 2. The molecule has 0 aliphatic heterocycles. The van der Waals surface area contributed by atoms with E-state index in [2.05, 4.69) is 10.1 Å². The van der Waals surface area contributed by atoms with Crippen molar-refractivity contribution in [3.05, 3.63) is 0 Å². The third-order valence-electron chi connectivity index (χ3n) is 1.78. The molecule has 84 valence electrons. The number of hydrogen-bond acceptors (Lipinski definition) is 5. The number of rotatable bonds is 5. The van der Waals surface area contributed by atoms with Crippen LogP contribution in [0.15, 0.2) is 0 Å². The van der Waals surface area contributed by atoms with E-state index in [1.54, 1.807) is 13.0 Å². The van der Waals surface area contributed by atoms with Gasteiger partial charge in [-0.2, -0.15) is 5.26 Å². The zero-order chi connectivity index (χ0) is 11.9. The lowest BCUT2D eigenvalue weighted by molar-refractivity contribution is -0.147. The van der Waals surface area contributed by atoms with Crippen molar-refractivity contribution >= 4 is 11.9 Å². The first-order valence-electron chi connectivity index (χ1n) is 4.46. The topological polar surface area (TPSA) is 99.4 Å². The van der Waals surface area contributed by atoms with Crippen LogP contribution >= 0.6 is 0 Å². The Morgan fingerprint density at radius 1 is 1.60 bits per heavy atom. The van der Waals surface area contributed by atoms with Gasteiger partial charge in [0.15, 0.2) is 5.41 Å². The van der Waals surface area contributed by atoms with Crippen molar-refractivity contribution in [3.63, 3.8) is 0 Å². The molecule has 0 rings (SSSR count). The molecular weight excluding hydrogens is 200 g/mol. The van der Waals surface area contributed by atoms with Gasteiger partial charge in [0, 0.05) is 13.5 Å². The molecule has 0 radical (unpaired) electrons. The summed E-state index contributed by atoms with van der Waals surface area (Å²) in [7, 11) is 0. The highest BCUT2D eigenvalue weighted by Crippen LogP contribution is 2.16. The fourth-order valence-corrected chi connectivity index (χ4v) is 0.856. The number of nitrogens with zero attached hydrogens (tertiary/aromatic N) is 1. The van der Waals surface area contributed by atoms with E-state index in [4.69, 9.17) is 10.4 Å². The lowest BCUT2D eigenvalue weighted by atomic mass is 9.91. The van der Waals surface area contributed by atoms with Crippen LogP contribution < -0.4 is 5.32 Å². The summed E-state index contributed by atoms with van der Waals surface area (Å²) in [6.45, 7) is 2.05. The van der Waals surface area contributed by atoms with Gasteiger partial charge in [-0.05, 0) is 6.92 Å². The highest BCUT2D eigenvalue weighted by molar-refractivity contribution is 5.86. The van der Waals surface area contributed by atoms with E-state index < -0.39 is 30.5 Å². The first-order valence-corrected chi connectivity index (χ1v) is 4.46. The highest BCUT2D eigenvalue weighted by Gasteiger charge is 2.39. The predicted molar refractivity (Wildman–Crippen MR) is 50.4 cm³/mol. The third-order valence-corrected chi connectivity index (χ3v) is 1.78. The predicted octanol–water partition coefficient (Wildman–Crippen LogP) is -0.812. The molecule has 0 aliphatic carbocycles. The monoisotopic (exact) mass is 214 g/mol. The van der Waals surface area contributed by atoms with E-state index in [1.165, 1.54) is 0 Å². The Balaban J connectivity index is 4.65. The fraction of sp³-hybridized carbons (Fsp3) is 0.667. The van der Waals surface area contributed by atoms with Crippen molar-refractivity contribution in [2.45, 2.75) is 13.8 Å². The molecule has 6 nitrogen and oxygen atoms in total. The largest absolute Gasteiger partial charge is 0.464 e. The van der Waals surface area contributed by atoms with Crippen LogP contribution in [0.1, 0.15) is 13.8 Å². The summed E-state index contributed by atoms with van der Waals surface area (Å²) in [5, 5.41) is 20.2. The second-order valence-corrected chi connectivity index (χ2v) is 2.99. The molecule has 0 saturated carbocycles. The molecule has 1 amide bonds. The molecular formula is C9H14N2O4. The molecule has 0 fully saturated rings. The maximum atomic E-state index is 11.5. The second kappa shape index (κ2) is 5.98. The summed E-state index contributed by atoms with van der Waals surface area (Å²) in [6.07, 6.45) is 0. The summed E-state index contributed by atoms with van der Waals surface area (Å²) in [5.74, 6) is -1.25. The lowest BCUT2D eigenvalue weighted by Crippen LogP contribution is -2.46. The van der Waals surface area contributed by atoms with E-state index >= 15 is 0 Å². The molecule has 0 aromatic rings. The SMILES string of the molecule is CCNC(=O)C(C#N)(CO)COC(C)=O. The molecule has 0 aromatic carbocycles. The van der Waals surface area contributed by atoms with Crippen LogP contribution in [0.25, 0.3) is 0 Å². The molecule has 6 heteroatoms. The number of carbonyl (C=O) groups is 2. The maximum absolute atomic E-state index is 11.5. The normalized spacial score (nSPS) is 13.5. The molecule has 0 aliphatic rings. The van der Waals surface area contributed by atoms with E-state index in [0.29, 0.717) is 6.54 Å². The summed E-state index contributed by atoms with van der Waals surface area (Å²) in [4.78, 5) is 22.0. The van der Waals surface area contributed by atoms with Gasteiger partial charge in [0.2, 0.25) is 5.91 Å². The van der Waals surface area contributed by atoms with Crippen molar-refractivity contribution in [1.29, 1.82) is 5.26 Å². The Morgan fingerprint density at radius 2 is 2.20 bits per heavy atom. The highest BCUT2D eigenvalue weighted by atomic mass is 16.5. The summed E-state index contributed by atoms with van der Waals surface area (Å²) in [5.41, 5.74) is -1.71. The first-order chi connectivity index (χ1) is 7.02. The van der Waals surface area contributed by atoms with Crippen LogP contribution in [-0.4, -0.2) is 36.7 Å². The van der Waals surface area contributed by atoms with Crippen LogP contribution in [0.2, 0.25) is 0 Å². The van der Waals surface area contributed by atoms with Gasteiger partial charge in [0.25, 0.3) is 0 Å². The maximum Gasteiger partial charge on any atom is 0.302 e. The Bertz CT molecular complexity index is 284. The van der Waals surface area contributed by atoms with E-state index in [9.17, 15) is 9.59 Å². The molecule has 0 heterocycles. The number of esters is 1. The number of nitriles is 1. The minimum absolute atomic E-state index is 0.336. The lowest BCUT2D eigenvalue weighted by Gasteiger charge is -2.21. The van der Waals surface area contributed by atoms with Crippen LogP contribution in [0.3, 0.4) is 0 Å². The fourth-order valence-electron chi connectivity index (χ4n) is 0.856. The van der Waals surface area contributed by atoms with Crippen molar-refractivity contribution in [2.24, 2.45) is 5.41 Å². The Morgan fingerprint density at radius 3 is 2.53 bits per heavy atom. The Hall–Kier alpha value is -1.61. The Labute approximate surface area is 87.8 Å². The molecule has 1 unspecified atom stereocenters. The van der Waals surface area contributed by atoms with Gasteiger partial charge in [0.1, 0.15) is 6.61 Å². The van der Waals surface area contributed by atoms with Gasteiger partial charge in [-0.15, -0.1) is 0 Å². The van der Waals surface area contributed by atoms with Crippen molar-refractivity contribution in [3.8, 4) is 6.07 Å².